The molecule has 0 aromatic carbocycles. The van der Waals surface area contributed by atoms with E-state index in [1.54, 1.807) is 0 Å². The standard InChI is InChI=1S/C18H32O/c1-3-5-6-16-11-12-17(13-18(16)19)15-9-7-14(4-2)8-10-15/h14-17H,3-13H2,1-2H3. The number of hydrogen-bond donors (Lipinski definition) is 0. The van der Waals surface area contributed by atoms with Crippen molar-refractivity contribution in [3.8, 4) is 0 Å². The van der Waals surface area contributed by atoms with Gasteiger partial charge in [0, 0.05) is 12.3 Å². The molecule has 0 spiro atoms. The molecule has 2 aliphatic carbocycles. The van der Waals surface area contributed by atoms with E-state index in [2.05, 4.69) is 13.8 Å². The van der Waals surface area contributed by atoms with Crippen molar-refractivity contribution < 1.29 is 4.79 Å². The Kier molecular flexibility index (Phi) is 5.91. The van der Waals surface area contributed by atoms with Crippen LogP contribution in [0.25, 0.3) is 0 Å². The lowest BCUT2D eigenvalue weighted by atomic mass is 9.68. The molecule has 0 amide bonds. The van der Waals surface area contributed by atoms with Crippen molar-refractivity contribution in [1.82, 2.24) is 0 Å². The minimum atomic E-state index is 0.420. The predicted molar refractivity (Wildman–Crippen MR) is 81.1 cm³/mol. The van der Waals surface area contributed by atoms with Crippen molar-refractivity contribution in [2.75, 3.05) is 0 Å². The molecule has 2 fully saturated rings. The molecule has 0 aromatic rings. The Morgan fingerprint density at radius 3 is 2.21 bits per heavy atom. The minimum absolute atomic E-state index is 0.420. The van der Waals surface area contributed by atoms with Crippen LogP contribution in [0.1, 0.15) is 84.5 Å². The van der Waals surface area contributed by atoms with Crippen molar-refractivity contribution in [1.29, 1.82) is 0 Å². The van der Waals surface area contributed by atoms with Gasteiger partial charge in [0.1, 0.15) is 5.78 Å². The zero-order chi connectivity index (χ0) is 13.7. The molecule has 2 aliphatic rings. The first-order valence-corrected chi connectivity index (χ1v) is 8.77. The second kappa shape index (κ2) is 7.45. The smallest absolute Gasteiger partial charge is 0.136 e. The zero-order valence-electron chi connectivity index (χ0n) is 13.0. The van der Waals surface area contributed by atoms with Gasteiger partial charge in [-0.25, -0.2) is 0 Å². The van der Waals surface area contributed by atoms with Crippen molar-refractivity contribution in [3.05, 3.63) is 0 Å². The van der Waals surface area contributed by atoms with E-state index in [0.717, 1.165) is 30.6 Å². The second-order valence-electron chi connectivity index (χ2n) is 7.04. The van der Waals surface area contributed by atoms with Gasteiger partial charge in [-0.05, 0) is 49.9 Å². The van der Waals surface area contributed by atoms with Gasteiger partial charge in [-0.15, -0.1) is 0 Å². The molecule has 0 N–H and O–H groups in total. The van der Waals surface area contributed by atoms with Gasteiger partial charge in [-0.1, -0.05) is 46.0 Å². The maximum Gasteiger partial charge on any atom is 0.136 e. The Morgan fingerprint density at radius 1 is 0.947 bits per heavy atom. The summed E-state index contributed by atoms with van der Waals surface area (Å²) in [5.74, 6) is 3.61. The third-order valence-electron chi connectivity index (χ3n) is 5.85. The fourth-order valence-electron chi connectivity index (χ4n) is 4.33. The summed E-state index contributed by atoms with van der Waals surface area (Å²) in [7, 11) is 0. The van der Waals surface area contributed by atoms with Crippen LogP contribution >= 0.6 is 0 Å². The molecule has 1 heteroatoms. The Morgan fingerprint density at radius 2 is 1.63 bits per heavy atom. The summed E-state index contributed by atoms with van der Waals surface area (Å²) in [5, 5.41) is 0. The highest BCUT2D eigenvalue weighted by molar-refractivity contribution is 5.81. The third kappa shape index (κ3) is 4.07. The van der Waals surface area contributed by atoms with Gasteiger partial charge < -0.3 is 0 Å². The zero-order valence-corrected chi connectivity index (χ0v) is 13.0. The summed E-state index contributed by atoms with van der Waals surface area (Å²) in [6.45, 7) is 4.55. The van der Waals surface area contributed by atoms with Gasteiger partial charge in [0.05, 0.1) is 0 Å². The van der Waals surface area contributed by atoms with Crippen LogP contribution in [0, 0.1) is 23.7 Å². The van der Waals surface area contributed by atoms with E-state index < -0.39 is 0 Å². The van der Waals surface area contributed by atoms with E-state index in [0.29, 0.717) is 11.7 Å². The van der Waals surface area contributed by atoms with E-state index >= 15 is 0 Å². The quantitative estimate of drug-likeness (QED) is 0.651. The van der Waals surface area contributed by atoms with Crippen LogP contribution < -0.4 is 0 Å². The van der Waals surface area contributed by atoms with Gasteiger partial charge in [-0.2, -0.15) is 0 Å². The molecule has 0 heterocycles. The maximum absolute atomic E-state index is 12.3. The average Bonchev–Trinajstić information content (AvgIpc) is 2.46. The van der Waals surface area contributed by atoms with E-state index in [-0.39, 0.29) is 0 Å². The molecule has 19 heavy (non-hydrogen) atoms. The van der Waals surface area contributed by atoms with Crippen LogP contribution in [0.15, 0.2) is 0 Å². The van der Waals surface area contributed by atoms with E-state index in [9.17, 15) is 4.79 Å². The molecule has 2 atom stereocenters. The molecule has 0 bridgehead atoms. The number of unbranched alkanes of at least 4 members (excludes halogenated alkanes) is 1. The molecule has 2 unspecified atom stereocenters. The molecular formula is C18H32O. The summed E-state index contributed by atoms with van der Waals surface area (Å²) in [6.07, 6.45) is 14.1. The minimum Gasteiger partial charge on any atom is -0.299 e. The van der Waals surface area contributed by atoms with Crippen molar-refractivity contribution in [2.24, 2.45) is 23.7 Å². The van der Waals surface area contributed by atoms with Crippen LogP contribution in [-0.2, 0) is 4.79 Å². The number of carbonyl (C=O) groups is 1. The number of ketones is 1. The van der Waals surface area contributed by atoms with Crippen LogP contribution in [0.4, 0.5) is 0 Å². The summed E-state index contributed by atoms with van der Waals surface area (Å²) >= 11 is 0. The highest BCUT2D eigenvalue weighted by atomic mass is 16.1. The lowest BCUT2D eigenvalue weighted by Gasteiger charge is -2.37. The summed E-state index contributed by atoms with van der Waals surface area (Å²) in [5.41, 5.74) is 0. The Labute approximate surface area is 119 Å². The van der Waals surface area contributed by atoms with Crippen LogP contribution in [0.3, 0.4) is 0 Å². The fraction of sp³-hybridized carbons (Fsp3) is 0.944. The second-order valence-corrected chi connectivity index (χ2v) is 7.04. The van der Waals surface area contributed by atoms with Gasteiger partial charge in [-0.3, -0.25) is 4.79 Å². The summed E-state index contributed by atoms with van der Waals surface area (Å²) in [6, 6.07) is 0. The third-order valence-corrected chi connectivity index (χ3v) is 5.85. The molecule has 0 radical (unpaired) electrons. The summed E-state index contributed by atoms with van der Waals surface area (Å²) in [4.78, 5) is 12.3. The number of hydrogen-bond acceptors (Lipinski definition) is 1. The molecule has 0 aliphatic heterocycles. The van der Waals surface area contributed by atoms with Gasteiger partial charge in [0.25, 0.3) is 0 Å². The Bertz CT molecular complexity index is 275. The first-order chi connectivity index (χ1) is 9.24. The highest BCUT2D eigenvalue weighted by Crippen LogP contribution is 2.41. The molecule has 2 saturated carbocycles. The number of carbonyl (C=O) groups excluding carboxylic acids is 1. The van der Waals surface area contributed by atoms with E-state index in [1.165, 1.54) is 57.8 Å². The van der Waals surface area contributed by atoms with Crippen molar-refractivity contribution in [3.63, 3.8) is 0 Å². The largest absolute Gasteiger partial charge is 0.299 e. The Balaban J connectivity index is 1.77. The molecule has 0 saturated heterocycles. The molecule has 2 rings (SSSR count). The monoisotopic (exact) mass is 264 g/mol. The van der Waals surface area contributed by atoms with E-state index in [4.69, 9.17) is 0 Å². The average molecular weight is 264 g/mol. The van der Waals surface area contributed by atoms with Crippen LogP contribution in [0.5, 0.6) is 0 Å². The first kappa shape index (κ1) is 15.1. The van der Waals surface area contributed by atoms with E-state index in [1.807, 2.05) is 0 Å². The fourth-order valence-corrected chi connectivity index (χ4v) is 4.33. The van der Waals surface area contributed by atoms with Gasteiger partial charge in [0.2, 0.25) is 0 Å². The van der Waals surface area contributed by atoms with Crippen molar-refractivity contribution in [2.45, 2.75) is 84.5 Å². The molecule has 110 valence electrons. The lowest BCUT2D eigenvalue weighted by Crippen LogP contribution is -2.31. The predicted octanol–water partition coefficient (Wildman–Crippen LogP) is 5.38. The molecule has 1 nitrogen and oxygen atoms in total. The SMILES string of the molecule is CCCCC1CCC(C2CCC(CC)CC2)CC1=O. The maximum atomic E-state index is 12.3. The number of rotatable bonds is 5. The summed E-state index contributed by atoms with van der Waals surface area (Å²) < 4.78 is 0. The van der Waals surface area contributed by atoms with Crippen LogP contribution in [0.2, 0.25) is 0 Å². The first-order valence-electron chi connectivity index (χ1n) is 8.77. The normalized spacial score (nSPS) is 36.4. The topological polar surface area (TPSA) is 17.1 Å². The van der Waals surface area contributed by atoms with Gasteiger partial charge >= 0.3 is 0 Å². The lowest BCUT2D eigenvalue weighted by molar-refractivity contribution is -0.127. The van der Waals surface area contributed by atoms with Crippen LogP contribution in [-0.4, -0.2) is 5.78 Å². The highest BCUT2D eigenvalue weighted by Gasteiger charge is 2.34. The molecular weight excluding hydrogens is 232 g/mol. The van der Waals surface area contributed by atoms with Crippen molar-refractivity contribution >= 4 is 5.78 Å². The number of Topliss-reactive ketones (excluding diaryl/α,β-unsaturated/α-hetero) is 1. The molecule has 0 aromatic heterocycles. The Hall–Kier alpha value is -0.330. The van der Waals surface area contributed by atoms with Gasteiger partial charge in [0.15, 0.2) is 0 Å².